The standard InChI is InChI=1S/C17H17NO2/c1-2-6-16(19)18-11-17(20,12-18)15-10-5-8-13-7-3-4-9-14(13)15/h2-10,20H,11-12H2,1H3. The van der Waals surface area contributed by atoms with E-state index in [1.54, 1.807) is 11.0 Å². The number of allylic oxidation sites excluding steroid dienone is 1. The summed E-state index contributed by atoms with van der Waals surface area (Å²) in [4.78, 5) is 13.4. The lowest BCUT2D eigenvalue weighted by Gasteiger charge is -2.46. The van der Waals surface area contributed by atoms with Crippen molar-refractivity contribution in [3.8, 4) is 0 Å². The van der Waals surface area contributed by atoms with Gasteiger partial charge in [-0.2, -0.15) is 0 Å². The van der Waals surface area contributed by atoms with Crippen LogP contribution in [0.15, 0.2) is 54.6 Å². The second-order valence-corrected chi connectivity index (χ2v) is 5.25. The van der Waals surface area contributed by atoms with E-state index in [9.17, 15) is 9.90 Å². The Bertz CT molecular complexity index is 679. The molecule has 0 unspecified atom stereocenters. The molecular weight excluding hydrogens is 250 g/mol. The average Bonchev–Trinajstić information content (AvgIpc) is 2.43. The second kappa shape index (κ2) is 4.76. The number of carbonyl (C=O) groups is 1. The molecule has 0 radical (unpaired) electrons. The Morgan fingerprint density at radius 3 is 2.65 bits per heavy atom. The van der Waals surface area contributed by atoms with Crippen molar-refractivity contribution >= 4 is 16.7 Å². The van der Waals surface area contributed by atoms with E-state index in [1.165, 1.54) is 6.08 Å². The molecule has 3 rings (SSSR count). The molecule has 1 amide bonds. The lowest BCUT2D eigenvalue weighted by atomic mass is 9.83. The maximum Gasteiger partial charge on any atom is 0.246 e. The summed E-state index contributed by atoms with van der Waals surface area (Å²) in [6, 6.07) is 13.9. The van der Waals surface area contributed by atoms with Crippen LogP contribution in [0.1, 0.15) is 12.5 Å². The minimum Gasteiger partial charge on any atom is -0.381 e. The van der Waals surface area contributed by atoms with Crippen molar-refractivity contribution in [1.29, 1.82) is 0 Å². The normalized spacial score (nSPS) is 17.4. The van der Waals surface area contributed by atoms with Crippen molar-refractivity contribution in [2.24, 2.45) is 0 Å². The summed E-state index contributed by atoms with van der Waals surface area (Å²) in [5.74, 6) is -0.0441. The predicted octanol–water partition coefficient (Wildman–Crippen LogP) is 2.45. The van der Waals surface area contributed by atoms with E-state index in [1.807, 2.05) is 49.4 Å². The van der Waals surface area contributed by atoms with Crippen molar-refractivity contribution in [2.75, 3.05) is 13.1 Å². The largest absolute Gasteiger partial charge is 0.381 e. The molecule has 1 saturated heterocycles. The zero-order chi connectivity index (χ0) is 14.2. The molecule has 0 saturated carbocycles. The molecule has 20 heavy (non-hydrogen) atoms. The average molecular weight is 267 g/mol. The van der Waals surface area contributed by atoms with Crippen molar-refractivity contribution < 1.29 is 9.90 Å². The molecule has 0 bridgehead atoms. The number of fused-ring (bicyclic) bond motifs is 1. The molecule has 3 heteroatoms. The molecule has 1 aliphatic heterocycles. The summed E-state index contributed by atoms with van der Waals surface area (Å²) in [5.41, 5.74) is -0.0295. The van der Waals surface area contributed by atoms with Crippen LogP contribution in [0.5, 0.6) is 0 Å². The van der Waals surface area contributed by atoms with Crippen molar-refractivity contribution in [3.05, 3.63) is 60.2 Å². The zero-order valence-corrected chi connectivity index (χ0v) is 11.4. The third-order valence-corrected chi connectivity index (χ3v) is 3.82. The number of hydrogen-bond acceptors (Lipinski definition) is 2. The van der Waals surface area contributed by atoms with Gasteiger partial charge in [0, 0.05) is 0 Å². The summed E-state index contributed by atoms with van der Waals surface area (Å²) in [6.07, 6.45) is 3.25. The van der Waals surface area contributed by atoms with Gasteiger partial charge >= 0.3 is 0 Å². The third-order valence-electron chi connectivity index (χ3n) is 3.82. The topological polar surface area (TPSA) is 40.5 Å². The molecule has 3 nitrogen and oxygen atoms in total. The minimum absolute atomic E-state index is 0.0441. The number of benzene rings is 2. The van der Waals surface area contributed by atoms with E-state index in [4.69, 9.17) is 0 Å². The summed E-state index contributed by atoms with van der Waals surface area (Å²) in [7, 11) is 0. The van der Waals surface area contributed by atoms with E-state index in [2.05, 4.69) is 0 Å². The van der Waals surface area contributed by atoms with E-state index >= 15 is 0 Å². The third kappa shape index (κ3) is 2.00. The Labute approximate surface area is 118 Å². The fourth-order valence-corrected chi connectivity index (χ4v) is 2.79. The molecule has 1 aliphatic rings. The van der Waals surface area contributed by atoms with Crippen molar-refractivity contribution in [3.63, 3.8) is 0 Å². The van der Waals surface area contributed by atoms with E-state index < -0.39 is 5.60 Å². The number of likely N-dealkylation sites (tertiary alicyclic amines) is 1. The first kappa shape index (κ1) is 12.9. The highest BCUT2D eigenvalue weighted by molar-refractivity contribution is 5.90. The molecule has 2 aromatic rings. The molecule has 0 aromatic heterocycles. The first-order valence-corrected chi connectivity index (χ1v) is 6.76. The van der Waals surface area contributed by atoms with Gasteiger partial charge in [-0.1, -0.05) is 48.5 Å². The van der Waals surface area contributed by atoms with E-state index in [0.717, 1.165) is 16.3 Å². The molecule has 102 valence electrons. The number of aliphatic hydroxyl groups is 1. The number of hydrogen-bond donors (Lipinski definition) is 1. The smallest absolute Gasteiger partial charge is 0.246 e. The van der Waals surface area contributed by atoms with Crippen molar-refractivity contribution in [1.82, 2.24) is 4.90 Å². The van der Waals surface area contributed by atoms with Crippen LogP contribution in [0.2, 0.25) is 0 Å². The number of amides is 1. The van der Waals surface area contributed by atoms with Gasteiger partial charge < -0.3 is 10.0 Å². The number of carbonyl (C=O) groups excluding carboxylic acids is 1. The van der Waals surface area contributed by atoms with Gasteiger partial charge in [-0.25, -0.2) is 0 Å². The Kier molecular flexibility index (Phi) is 3.07. The highest BCUT2D eigenvalue weighted by Crippen LogP contribution is 2.36. The van der Waals surface area contributed by atoms with Crippen LogP contribution >= 0.6 is 0 Å². The zero-order valence-electron chi connectivity index (χ0n) is 11.4. The molecule has 1 heterocycles. The molecule has 2 aromatic carbocycles. The number of nitrogens with zero attached hydrogens (tertiary/aromatic N) is 1. The van der Waals surface area contributed by atoms with Crippen LogP contribution in [-0.4, -0.2) is 29.0 Å². The number of rotatable bonds is 2. The van der Waals surface area contributed by atoms with Crippen molar-refractivity contribution in [2.45, 2.75) is 12.5 Å². The quantitative estimate of drug-likeness (QED) is 0.849. The Morgan fingerprint density at radius 1 is 1.20 bits per heavy atom. The van der Waals surface area contributed by atoms with Gasteiger partial charge in [0.25, 0.3) is 0 Å². The van der Waals surface area contributed by atoms with Gasteiger partial charge in [0.15, 0.2) is 0 Å². The molecule has 1 fully saturated rings. The fourth-order valence-electron chi connectivity index (χ4n) is 2.79. The molecular formula is C17H17NO2. The SMILES string of the molecule is CC=CC(=O)N1CC(O)(c2cccc3ccccc23)C1. The Morgan fingerprint density at radius 2 is 1.90 bits per heavy atom. The van der Waals surface area contributed by atoms with Gasteiger partial charge in [-0.3, -0.25) is 4.79 Å². The van der Waals surface area contributed by atoms with Crippen LogP contribution in [0.3, 0.4) is 0 Å². The predicted molar refractivity (Wildman–Crippen MR) is 79.2 cm³/mol. The van der Waals surface area contributed by atoms with Gasteiger partial charge in [0.2, 0.25) is 5.91 Å². The Hall–Kier alpha value is -2.13. The van der Waals surface area contributed by atoms with E-state index in [0.29, 0.717) is 13.1 Å². The maximum absolute atomic E-state index is 11.7. The summed E-state index contributed by atoms with van der Waals surface area (Å²) < 4.78 is 0. The van der Waals surface area contributed by atoms with Gasteiger partial charge in [-0.05, 0) is 29.3 Å². The van der Waals surface area contributed by atoms with Crippen LogP contribution < -0.4 is 0 Å². The maximum atomic E-state index is 11.7. The minimum atomic E-state index is -0.932. The molecule has 1 N–H and O–H groups in total. The van der Waals surface area contributed by atoms with E-state index in [-0.39, 0.29) is 5.91 Å². The molecule has 0 aliphatic carbocycles. The molecule has 0 spiro atoms. The van der Waals surface area contributed by atoms with Crippen LogP contribution in [0, 0.1) is 0 Å². The fraction of sp³-hybridized carbons (Fsp3) is 0.235. The summed E-state index contributed by atoms with van der Waals surface area (Å²) in [6.45, 7) is 2.52. The lowest BCUT2D eigenvalue weighted by Crippen LogP contribution is -2.61. The summed E-state index contributed by atoms with van der Waals surface area (Å²) >= 11 is 0. The van der Waals surface area contributed by atoms with Crippen LogP contribution in [0.25, 0.3) is 10.8 Å². The highest BCUT2D eigenvalue weighted by Gasteiger charge is 2.45. The van der Waals surface area contributed by atoms with Gasteiger partial charge in [0.1, 0.15) is 5.60 Å². The highest BCUT2D eigenvalue weighted by atomic mass is 16.3. The second-order valence-electron chi connectivity index (χ2n) is 5.25. The summed E-state index contributed by atoms with van der Waals surface area (Å²) in [5, 5.41) is 12.9. The molecule has 0 atom stereocenters. The van der Waals surface area contributed by atoms with Crippen LogP contribution in [0.4, 0.5) is 0 Å². The first-order chi connectivity index (χ1) is 9.64. The monoisotopic (exact) mass is 267 g/mol. The van der Waals surface area contributed by atoms with Gasteiger partial charge in [-0.15, -0.1) is 0 Å². The number of β-amino-alcohol motifs (C(OH)–C–C–N with tert-alkyl or cyclic N) is 1. The lowest BCUT2D eigenvalue weighted by molar-refractivity contribution is -0.151. The first-order valence-electron chi connectivity index (χ1n) is 6.76. The van der Waals surface area contributed by atoms with Crippen LogP contribution in [-0.2, 0) is 10.4 Å². The van der Waals surface area contributed by atoms with Gasteiger partial charge in [0.05, 0.1) is 13.1 Å². The Balaban J connectivity index is 1.92.